The highest BCUT2D eigenvalue weighted by Crippen LogP contribution is 2.25. The fraction of sp³-hybridized carbons (Fsp3) is 0.353. The van der Waals surface area contributed by atoms with Crippen LogP contribution in [0.5, 0.6) is 0 Å². The number of aromatic nitrogens is 1. The molecule has 2 heterocycles. The van der Waals surface area contributed by atoms with Crippen LogP contribution in [0.1, 0.15) is 12.5 Å². The van der Waals surface area contributed by atoms with Crippen LogP contribution in [-0.2, 0) is 6.42 Å². The van der Waals surface area contributed by atoms with Crippen molar-refractivity contribution < 1.29 is 0 Å². The molecule has 0 spiro atoms. The molecule has 1 fully saturated rings. The van der Waals surface area contributed by atoms with Crippen LogP contribution in [-0.4, -0.2) is 31.2 Å². The van der Waals surface area contributed by atoms with Gasteiger partial charge in [0.25, 0.3) is 0 Å². The summed E-state index contributed by atoms with van der Waals surface area (Å²) in [6.45, 7) is 4.29. The highest BCUT2D eigenvalue weighted by molar-refractivity contribution is 5.64. The quantitative estimate of drug-likeness (QED) is 0.884. The molecule has 1 aromatic heterocycles. The normalized spacial score (nSPS) is 14.9. The second-order valence-electron chi connectivity index (χ2n) is 5.43. The number of benzene rings is 1. The first-order valence-electron chi connectivity index (χ1n) is 7.53. The van der Waals surface area contributed by atoms with E-state index in [1.54, 1.807) is 0 Å². The molecule has 0 atom stereocenters. The Bertz CT molecular complexity index is 605. The lowest BCUT2D eigenvalue weighted by Crippen LogP contribution is -2.57. The molecular weight excluding hydrogens is 260 g/mol. The van der Waals surface area contributed by atoms with Crippen molar-refractivity contribution in [3.05, 3.63) is 48.2 Å². The summed E-state index contributed by atoms with van der Waals surface area (Å²) in [5.41, 5.74) is 3.68. The van der Waals surface area contributed by atoms with E-state index in [1.807, 2.05) is 13.2 Å². The van der Waals surface area contributed by atoms with Crippen LogP contribution in [0, 0.1) is 0 Å². The number of para-hydroxylation sites is 1. The van der Waals surface area contributed by atoms with Gasteiger partial charge in [0.1, 0.15) is 5.82 Å². The number of likely N-dealkylation sites (N-methyl/N-ethyl adjacent to an activating group) is 1. The Kier molecular flexibility index (Phi) is 4.06. The molecule has 2 N–H and O–H groups in total. The molecule has 1 aliphatic heterocycles. The second-order valence-corrected chi connectivity index (χ2v) is 5.43. The summed E-state index contributed by atoms with van der Waals surface area (Å²) in [6, 6.07) is 13.2. The standard InChI is InChI=1S/C17H22N4/c1-3-13-6-4-5-7-16(13)20-17-10-15(8-9-19-17)21-11-14(12-21)18-2/h4-10,14,18H,3,11-12H2,1-2H3,(H,19,20). The lowest BCUT2D eigenvalue weighted by atomic mass is 10.1. The molecule has 1 aliphatic rings. The molecule has 1 aromatic carbocycles. The third-order valence-corrected chi connectivity index (χ3v) is 4.06. The molecule has 0 aliphatic carbocycles. The van der Waals surface area contributed by atoms with Crippen LogP contribution in [0.3, 0.4) is 0 Å². The van der Waals surface area contributed by atoms with E-state index in [0.29, 0.717) is 6.04 Å². The van der Waals surface area contributed by atoms with Crippen LogP contribution in [0.4, 0.5) is 17.2 Å². The Labute approximate surface area is 126 Å². The van der Waals surface area contributed by atoms with Gasteiger partial charge in [-0.2, -0.15) is 0 Å². The Balaban J connectivity index is 1.74. The fourth-order valence-electron chi connectivity index (χ4n) is 2.64. The minimum Gasteiger partial charge on any atom is -0.368 e. The summed E-state index contributed by atoms with van der Waals surface area (Å²) in [5.74, 6) is 0.904. The van der Waals surface area contributed by atoms with Gasteiger partial charge in [0.15, 0.2) is 0 Å². The van der Waals surface area contributed by atoms with Gasteiger partial charge >= 0.3 is 0 Å². The molecule has 0 unspecified atom stereocenters. The number of aryl methyl sites for hydroxylation is 1. The molecule has 3 rings (SSSR count). The summed E-state index contributed by atoms with van der Waals surface area (Å²) in [7, 11) is 2.02. The topological polar surface area (TPSA) is 40.2 Å². The van der Waals surface area contributed by atoms with E-state index in [4.69, 9.17) is 0 Å². The molecule has 21 heavy (non-hydrogen) atoms. The van der Waals surface area contributed by atoms with Crippen LogP contribution in [0.15, 0.2) is 42.6 Å². The zero-order chi connectivity index (χ0) is 14.7. The molecule has 110 valence electrons. The maximum Gasteiger partial charge on any atom is 0.132 e. The van der Waals surface area contributed by atoms with Crippen molar-refractivity contribution in [3.63, 3.8) is 0 Å². The van der Waals surface area contributed by atoms with Crippen LogP contribution in [0.25, 0.3) is 0 Å². The first-order chi connectivity index (χ1) is 10.3. The minimum atomic E-state index is 0.607. The fourth-order valence-corrected chi connectivity index (χ4v) is 2.64. The molecule has 4 heteroatoms. The van der Waals surface area contributed by atoms with Gasteiger partial charge in [0.05, 0.1) is 0 Å². The van der Waals surface area contributed by atoms with Gasteiger partial charge in [0, 0.05) is 42.8 Å². The highest BCUT2D eigenvalue weighted by Gasteiger charge is 2.25. The first kappa shape index (κ1) is 13.9. The van der Waals surface area contributed by atoms with Gasteiger partial charge in [-0.05, 0) is 31.2 Å². The van der Waals surface area contributed by atoms with Gasteiger partial charge in [0.2, 0.25) is 0 Å². The van der Waals surface area contributed by atoms with E-state index in [-0.39, 0.29) is 0 Å². The number of nitrogens with one attached hydrogen (secondary N) is 2. The third-order valence-electron chi connectivity index (χ3n) is 4.06. The zero-order valence-corrected chi connectivity index (χ0v) is 12.6. The Hall–Kier alpha value is -2.07. The largest absolute Gasteiger partial charge is 0.368 e. The molecule has 2 aromatic rings. The van der Waals surface area contributed by atoms with E-state index in [1.165, 1.54) is 11.3 Å². The third kappa shape index (κ3) is 3.00. The molecular formula is C17H22N4. The number of pyridine rings is 1. The molecule has 0 bridgehead atoms. The van der Waals surface area contributed by atoms with Crippen LogP contribution >= 0.6 is 0 Å². The Morgan fingerprint density at radius 1 is 1.24 bits per heavy atom. The molecule has 0 radical (unpaired) electrons. The van der Waals surface area contributed by atoms with E-state index in [0.717, 1.165) is 31.0 Å². The van der Waals surface area contributed by atoms with Crippen molar-refractivity contribution in [2.45, 2.75) is 19.4 Å². The van der Waals surface area contributed by atoms with E-state index in [9.17, 15) is 0 Å². The monoisotopic (exact) mass is 282 g/mol. The summed E-state index contributed by atoms with van der Waals surface area (Å²) < 4.78 is 0. The number of rotatable bonds is 5. The first-order valence-corrected chi connectivity index (χ1v) is 7.53. The lowest BCUT2D eigenvalue weighted by Gasteiger charge is -2.40. The van der Waals surface area contributed by atoms with Gasteiger partial charge < -0.3 is 15.5 Å². The van der Waals surface area contributed by atoms with Crippen molar-refractivity contribution in [1.29, 1.82) is 0 Å². The van der Waals surface area contributed by atoms with Crippen molar-refractivity contribution in [3.8, 4) is 0 Å². The number of anilines is 3. The van der Waals surface area contributed by atoms with Crippen LogP contribution < -0.4 is 15.5 Å². The summed E-state index contributed by atoms with van der Waals surface area (Å²) >= 11 is 0. The average molecular weight is 282 g/mol. The summed E-state index contributed by atoms with van der Waals surface area (Å²) in [6.07, 6.45) is 2.89. The summed E-state index contributed by atoms with van der Waals surface area (Å²) in [4.78, 5) is 6.80. The highest BCUT2D eigenvalue weighted by atomic mass is 15.2. The molecule has 1 saturated heterocycles. The number of hydrogen-bond acceptors (Lipinski definition) is 4. The SMILES string of the molecule is CCc1ccccc1Nc1cc(N2CC(NC)C2)ccn1. The van der Waals surface area contributed by atoms with Crippen molar-refractivity contribution in [2.24, 2.45) is 0 Å². The maximum atomic E-state index is 4.44. The van der Waals surface area contributed by atoms with Crippen molar-refractivity contribution in [2.75, 3.05) is 30.4 Å². The number of nitrogens with zero attached hydrogens (tertiary/aromatic N) is 2. The van der Waals surface area contributed by atoms with Crippen molar-refractivity contribution in [1.82, 2.24) is 10.3 Å². The predicted molar refractivity (Wildman–Crippen MR) is 88.4 cm³/mol. The maximum absolute atomic E-state index is 4.44. The van der Waals surface area contributed by atoms with Gasteiger partial charge in [-0.15, -0.1) is 0 Å². The van der Waals surface area contributed by atoms with Gasteiger partial charge in [-0.3, -0.25) is 0 Å². The Morgan fingerprint density at radius 2 is 2.05 bits per heavy atom. The zero-order valence-electron chi connectivity index (χ0n) is 12.6. The van der Waals surface area contributed by atoms with Crippen molar-refractivity contribution >= 4 is 17.2 Å². The van der Waals surface area contributed by atoms with Gasteiger partial charge in [-0.25, -0.2) is 4.98 Å². The van der Waals surface area contributed by atoms with E-state index >= 15 is 0 Å². The Morgan fingerprint density at radius 3 is 2.81 bits per heavy atom. The predicted octanol–water partition coefficient (Wildman–Crippen LogP) is 2.80. The van der Waals surface area contributed by atoms with Gasteiger partial charge in [-0.1, -0.05) is 25.1 Å². The van der Waals surface area contributed by atoms with E-state index < -0.39 is 0 Å². The summed E-state index contributed by atoms with van der Waals surface area (Å²) in [5, 5.41) is 6.74. The molecule has 0 saturated carbocycles. The minimum absolute atomic E-state index is 0.607. The van der Waals surface area contributed by atoms with E-state index in [2.05, 4.69) is 63.8 Å². The molecule has 0 amide bonds. The molecule has 4 nitrogen and oxygen atoms in total. The second kappa shape index (κ2) is 6.14. The number of hydrogen-bond donors (Lipinski definition) is 2. The lowest BCUT2D eigenvalue weighted by molar-refractivity contribution is 0.450. The average Bonchev–Trinajstić information content (AvgIpc) is 2.47. The van der Waals surface area contributed by atoms with Crippen LogP contribution in [0.2, 0.25) is 0 Å². The smallest absolute Gasteiger partial charge is 0.132 e.